The third-order valence-electron chi connectivity index (χ3n) is 14.5. The molecular formula is C60H42O. The molecule has 1 aromatic heterocycles. The summed E-state index contributed by atoms with van der Waals surface area (Å²) in [5.74, 6) is 0. The fourth-order valence-corrected chi connectivity index (χ4v) is 11.4. The molecule has 0 atom stereocenters. The Morgan fingerprint density at radius 1 is 0.295 bits per heavy atom. The van der Waals surface area contributed by atoms with Crippen LogP contribution in [-0.2, 0) is 10.8 Å². The van der Waals surface area contributed by atoms with E-state index in [9.17, 15) is 0 Å². The van der Waals surface area contributed by atoms with Crippen LogP contribution >= 0.6 is 0 Å². The molecule has 0 spiro atoms. The minimum Gasteiger partial charge on any atom is -0.455 e. The van der Waals surface area contributed by atoms with Crippen LogP contribution in [0.4, 0.5) is 0 Å². The second kappa shape index (κ2) is 12.2. The second-order valence-corrected chi connectivity index (χ2v) is 18.4. The van der Waals surface area contributed by atoms with Gasteiger partial charge in [0.2, 0.25) is 0 Å². The molecule has 2 aliphatic rings. The first kappa shape index (κ1) is 34.6. The van der Waals surface area contributed by atoms with E-state index in [0.717, 1.165) is 11.2 Å². The molecule has 0 unspecified atom stereocenters. The van der Waals surface area contributed by atoms with E-state index in [4.69, 9.17) is 4.42 Å². The third kappa shape index (κ3) is 4.67. The fourth-order valence-electron chi connectivity index (χ4n) is 11.4. The number of benzene rings is 10. The number of hydrogen-bond donors (Lipinski definition) is 0. The number of para-hydroxylation sites is 1. The van der Waals surface area contributed by atoms with Gasteiger partial charge in [0.25, 0.3) is 0 Å². The van der Waals surface area contributed by atoms with Crippen molar-refractivity contribution >= 4 is 54.3 Å². The summed E-state index contributed by atoms with van der Waals surface area (Å²) in [6.45, 7) is 9.59. The van der Waals surface area contributed by atoms with E-state index in [1.807, 2.05) is 6.07 Å². The van der Waals surface area contributed by atoms with Gasteiger partial charge in [-0.1, -0.05) is 179 Å². The maximum atomic E-state index is 6.50. The maximum Gasteiger partial charge on any atom is 0.143 e. The first-order chi connectivity index (χ1) is 29.8. The molecule has 0 bridgehead atoms. The molecule has 0 aliphatic heterocycles. The fraction of sp³-hybridized carbons (Fsp3) is 0.100. The Kier molecular flexibility index (Phi) is 6.91. The summed E-state index contributed by atoms with van der Waals surface area (Å²) in [5, 5.41) is 9.92. The Morgan fingerprint density at radius 3 is 1.36 bits per heavy atom. The van der Waals surface area contributed by atoms with Crippen molar-refractivity contribution in [1.29, 1.82) is 0 Å². The van der Waals surface area contributed by atoms with Gasteiger partial charge in [0.15, 0.2) is 0 Å². The summed E-state index contributed by atoms with van der Waals surface area (Å²) in [6.07, 6.45) is 0. The van der Waals surface area contributed by atoms with Crippen molar-refractivity contribution < 1.29 is 4.42 Å². The number of furan rings is 1. The molecular weight excluding hydrogens is 737 g/mol. The summed E-state index contributed by atoms with van der Waals surface area (Å²) in [6, 6.07) is 67.9. The van der Waals surface area contributed by atoms with Crippen molar-refractivity contribution in [1.82, 2.24) is 0 Å². The highest BCUT2D eigenvalue weighted by Crippen LogP contribution is 2.55. The number of rotatable bonds is 3. The van der Waals surface area contributed by atoms with Crippen molar-refractivity contribution in [2.75, 3.05) is 0 Å². The smallest absolute Gasteiger partial charge is 0.143 e. The quantitative estimate of drug-likeness (QED) is 0.163. The SMILES string of the molecule is CC1(C)c2cc(-c3ccc4c(c3)C(C)(C)c3ccc5c(ccc6c7ccccc7oc56)c3-4)ccc2-c2ccc(-c3c4ccccc4c(-c4ccccc4)c4ccccc34)cc21. The third-order valence-corrected chi connectivity index (χ3v) is 14.5. The van der Waals surface area contributed by atoms with Crippen LogP contribution in [0.3, 0.4) is 0 Å². The lowest BCUT2D eigenvalue weighted by molar-refractivity contribution is 0.659. The van der Waals surface area contributed by atoms with Gasteiger partial charge in [0, 0.05) is 27.0 Å². The van der Waals surface area contributed by atoms with Crippen LogP contribution < -0.4 is 0 Å². The molecule has 0 N–H and O–H groups in total. The molecule has 1 heterocycles. The molecule has 11 aromatic rings. The van der Waals surface area contributed by atoms with Crippen LogP contribution in [0.15, 0.2) is 186 Å². The molecule has 1 nitrogen and oxygen atoms in total. The Morgan fingerprint density at radius 2 is 0.721 bits per heavy atom. The molecule has 0 saturated carbocycles. The summed E-state index contributed by atoms with van der Waals surface area (Å²) in [5.41, 5.74) is 20.1. The second-order valence-electron chi connectivity index (χ2n) is 18.4. The average Bonchev–Trinajstić information content (AvgIpc) is 3.87. The van der Waals surface area contributed by atoms with Crippen LogP contribution in [0.2, 0.25) is 0 Å². The van der Waals surface area contributed by atoms with E-state index in [1.54, 1.807) is 0 Å². The van der Waals surface area contributed by atoms with Crippen molar-refractivity contribution in [2.24, 2.45) is 0 Å². The molecule has 2 aliphatic carbocycles. The van der Waals surface area contributed by atoms with Crippen molar-refractivity contribution in [3.05, 3.63) is 204 Å². The van der Waals surface area contributed by atoms with Crippen LogP contribution in [-0.4, -0.2) is 0 Å². The predicted molar refractivity (Wildman–Crippen MR) is 258 cm³/mol. The Labute approximate surface area is 355 Å². The van der Waals surface area contributed by atoms with Crippen LogP contribution in [0.25, 0.3) is 110 Å². The Hall–Kier alpha value is -7.22. The molecule has 13 rings (SSSR count). The van der Waals surface area contributed by atoms with Gasteiger partial charge in [0.05, 0.1) is 0 Å². The summed E-state index contributed by atoms with van der Waals surface area (Å²) in [7, 11) is 0. The van der Waals surface area contributed by atoms with Gasteiger partial charge < -0.3 is 4.42 Å². The number of hydrogen-bond acceptors (Lipinski definition) is 1. The summed E-state index contributed by atoms with van der Waals surface area (Å²) < 4.78 is 6.50. The molecule has 0 fully saturated rings. The highest BCUT2D eigenvalue weighted by Gasteiger charge is 2.39. The normalized spacial score (nSPS) is 14.5. The molecule has 288 valence electrons. The van der Waals surface area contributed by atoms with E-state index >= 15 is 0 Å². The summed E-state index contributed by atoms with van der Waals surface area (Å²) in [4.78, 5) is 0. The van der Waals surface area contributed by atoms with E-state index in [1.165, 1.54) is 121 Å². The van der Waals surface area contributed by atoms with Gasteiger partial charge in [-0.3, -0.25) is 0 Å². The number of fused-ring (bicyclic) bond motifs is 14. The lowest BCUT2D eigenvalue weighted by Crippen LogP contribution is -2.15. The predicted octanol–water partition coefficient (Wildman–Crippen LogP) is 16.7. The zero-order valence-corrected chi connectivity index (χ0v) is 34.7. The first-order valence-electron chi connectivity index (χ1n) is 21.6. The highest BCUT2D eigenvalue weighted by atomic mass is 16.3. The van der Waals surface area contributed by atoms with Crippen LogP contribution in [0, 0.1) is 0 Å². The maximum absolute atomic E-state index is 6.50. The minimum atomic E-state index is -0.181. The standard InChI is InChI=1S/C60H42O/c1-59(2)50-31-30-48-46(28-29-47-41-16-12-13-21-54(41)61-58(47)48)57(50)49-27-23-37(33-53(49)59)36-22-25-39-40-26-24-38(34-52(40)60(3,4)51(39)32-36)56-44-19-10-8-17-42(44)55(35-14-6-5-7-15-35)43-18-9-11-20-45(43)56/h5-34H,1-4H3. The van der Waals surface area contributed by atoms with Gasteiger partial charge in [-0.25, -0.2) is 0 Å². The zero-order chi connectivity index (χ0) is 40.8. The average molecular weight is 779 g/mol. The molecule has 1 heteroatoms. The van der Waals surface area contributed by atoms with Gasteiger partial charge >= 0.3 is 0 Å². The van der Waals surface area contributed by atoms with Crippen molar-refractivity contribution in [3.8, 4) is 55.6 Å². The molecule has 0 saturated heterocycles. The highest BCUT2D eigenvalue weighted by molar-refractivity contribution is 6.22. The van der Waals surface area contributed by atoms with E-state index < -0.39 is 0 Å². The Bertz CT molecular complexity index is 3630. The van der Waals surface area contributed by atoms with Crippen LogP contribution in [0.5, 0.6) is 0 Å². The lowest BCUT2D eigenvalue weighted by Gasteiger charge is -2.24. The lowest BCUT2D eigenvalue weighted by atomic mass is 9.79. The van der Waals surface area contributed by atoms with Crippen molar-refractivity contribution in [3.63, 3.8) is 0 Å². The topological polar surface area (TPSA) is 13.1 Å². The molecule has 0 amide bonds. The minimum absolute atomic E-state index is 0.145. The van der Waals surface area contributed by atoms with Crippen molar-refractivity contribution in [2.45, 2.75) is 38.5 Å². The molecule has 0 radical (unpaired) electrons. The van der Waals surface area contributed by atoms with E-state index in [-0.39, 0.29) is 10.8 Å². The van der Waals surface area contributed by atoms with E-state index in [0.29, 0.717) is 0 Å². The van der Waals surface area contributed by atoms with Gasteiger partial charge in [-0.2, -0.15) is 0 Å². The molecule has 61 heavy (non-hydrogen) atoms. The van der Waals surface area contributed by atoms with Gasteiger partial charge in [0.1, 0.15) is 11.2 Å². The monoisotopic (exact) mass is 778 g/mol. The van der Waals surface area contributed by atoms with E-state index in [2.05, 4.69) is 204 Å². The van der Waals surface area contributed by atoms with Gasteiger partial charge in [-0.05, 0) is 135 Å². The first-order valence-corrected chi connectivity index (χ1v) is 21.6. The Balaban J connectivity index is 0.916. The van der Waals surface area contributed by atoms with Crippen LogP contribution in [0.1, 0.15) is 49.9 Å². The van der Waals surface area contributed by atoms with Gasteiger partial charge in [-0.15, -0.1) is 0 Å². The molecule has 10 aromatic carbocycles. The summed E-state index contributed by atoms with van der Waals surface area (Å²) >= 11 is 0. The largest absolute Gasteiger partial charge is 0.455 e. The zero-order valence-electron chi connectivity index (χ0n) is 34.7.